The Balaban J connectivity index is 2.00. The number of rotatable bonds is 3. The van der Waals surface area contributed by atoms with Crippen molar-refractivity contribution in [2.24, 2.45) is 0 Å². The number of pyridine rings is 1. The van der Waals surface area contributed by atoms with E-state index in [0.717, 1.165) is 10.8 Å². The molecule has 0 radical (unpaired) electrons. The highest BCUT2D eigenvalue weighted by molar-refractivity contribution is 6.31. The molecule has 0 unspecified atom stereocenters. The Hall–Kier alpha value is -2.26. The molecular formula is C17H11ClFNO. The van der Waals surface area contributed by atoms with Gasteiger partial charge in [-0.15, -0.1) is 0 Å². The maximum Gasteiger partial charge on any atom is 0.186 e. The molecule has 2 nitrogen and oxygen atoms in total. The molecule has 0 bridgehead atoms. The van der Waals surface area contributed by atoms with Crippen LogP contribution in [0.5, 0.6) is 0 Å². The van der Waals surface area contributed by atoms with Gasteiger partial charge in [-0.25, -0.2) is 4.39 Å². The molecule has 0 spiro atoms. The van der Waals surface area contributed by atoms with E-state index in [9.17, 15) is 9.18 Å². The third-order valence-corrected chi connectivity index (χ3v) is 3.74. The number of halogens is 2. The fourth-order valence-corrected chi connectivity index (χ4v) is 2.48. The Bertz CT molecular complexity index is 827. The summed E-state index contributed by atoms with van der Waals surface area (Å²) in [6, 6.07) is 13.8. The van der Waals surface area contributed by atoms with Gasteiger partial charge in [0, 0.05) is 18.0 Å². The molecule has 4 heteroatoms. The topological polar surface area (TPSA) is 30.0 Å². The second-order valence-corrected chi connectivity index (χ2v) is 5.07. The van der Waals surface area contributed by atoms with Crippen molar-refractivity contribution in [2.75, 3.05) is 0 Å². The Morgan fingerprint density at radius 3 is 2.76 bits per heavy atom. The van der Waals surface area contributed by atoms with Gasteiger partial charge in [-0.2, -0.15) is 0 Å². The average molecular weight is 300 g/mol. The molecule has 1 aromatic heterocycles. The van der Waals surface area contributed by atoms with E-state index in [1.54, 1.807) is 18.3 Å². The van der Waals surface area contributed by atoms with Crippen LogP contribution in [-0.4, -0.2) is 10.8 Å². The lowest BCUT2D eigenvalue weighted by Crippen LogP contribution is -2.07. The maximum absolute atomic E-state index is 13.4. The molecule has 2 aromatic carbocycles. The van der Waals surface area contributed by atoms with Gasteiger partial charge in [0.15, 0.2) is 5.78 Å². The van der Waals surface area contributed by atoms with Gasteiger partial charge in [0.25, 0.3) is 0 Å². The van der Waals surface area contributed by atoms with E-state index in [2.05, 4.69) is 4.98 Å². The van der Waals surface area contributed by atoms with Crippen molar-refractivity contribution < 1.29 is 9.18 Å². The molecule has 0 aliphatic carbocycles. The van der Waals surface area contributed by atoms with Gasteiger partial charge in [0.1, 0.15) is 11.5 Å². The molecule has 3 rings (SSSR count). The molecule has 104 valence electrons. The zero-order valence-electron chi connectivity index (χ0n) is 11.0. The molecule has 0 aliphatic heterocycles. The predicted molar refractivity (Wildman–Crippen MR) is 81.2 cm³/mol. The van der Waals surface area contributed by atoms with Crippen molar-refractivity contribution in [1.29, 1.82) is 0 Å². The summed E-state index contributed by atoms with van der Waals surface area (Å²) in [7, 11) is 0. The summed E-state index contributed by atoms with van der Waals surface area (Å²) in [5, 5.41) is 1.73. The van der Waals surface area contributed by atoms with Crippen molar-refractivity contribution >= 4 is 28.2 Å². The minimum atomic E-state index is -0.521. The molecule has 1 heterocycles. The lowest BCUT2D eigenvalue weighted by atomic mass is 10.0. The molecule has 0 aliphatic rings. The van der Waals surface area contributed by atoms with E-state index in [0.29, 0.717) is 11.3 Å². The monoisotopic (exact) mass is 299 g/mol. The number of carbonyl (C=O) groups excluding carboxylic acids is 1. The number of nitrogens with zero attached hydrogens (tertiary/aromatic N) is 1. The van der Waals surface area contributed by atoms with Crippen LogP contribution in [0.4, 0.5) is 4.39 Å². The zero-order valence-corrected chi connectivity index (χ0v) is 11.8. The summed E-state index contributed by atoms with van der Waals surface area (Å²) >= 11 is 5.90. The fourth-order valence-electron chi connectivity index (χ4n) is 2.28. The highest BCUT2D eigenvalue weighted by Crippen LogP contribution is 2.23. The molecule has 0 saturated heterocycles. The van der Waals surface area contributed by atoms with Gasteiger partial charge in [-0.3, -0.25) is 9.78 Å². The minimum Gasteiger partial charge on any atom is -0.292 e. The van der Waals surface area contributed by atoms with Crippen LogP contribution in [0, 0.1) is 5.82 Å². The van der Waals surface area contributed by atoms with Gasteiger partial charge in [-0.1, -0.05) is 48.0 Å². The molecule has 0 N–H and O–H groups in total. The number of carbonyl (C=O) groups is 1. The first-order chi connectivity index (χ1) is 10.2. The summed E-state index contributed by atoms with van der Waals surface area (Å²) in [6.45, 7) is 0. The Labute approximate surface area is 126 Å². The normalized spacial score (nSPS) is 10.8. The van der Waals surface area contributed by atoms with Crippen molar-refractivity contribution in [2.45, 2.75) is 6.42 Å². The first-order valence-electron chi connectivity index (χ1n) is 6.46. The quantitative estimate of drug-likeness (QED) is 0.669. The summed E-state index contributed by atoms with van der Waals surface area (Å²) in [6.07, 6.45) is 1.63. The SMILES string of the molecule is O=C(Cc1cccc(F)c1Cl)c1nccc2ccccc12. The van der Waals surface area contributed by atoms with Crippen LogP contribution < -0.4 is 0 Å². The molecular weight excluding hydrogens is 289 g/mol. The van der Waals surface area contributed by atoms with Crippen molar-refractivity contribution in [3.8, 4) is 0 Å². The number of hydrogen-bond acceptors (Lipinski definition) is 2. The lowest BCUT2D eigenvalue weighted by molar-refractivity contribution is 0.0990. The van der Waals surface area contributed by atoms with E-state index >= 15 is 0 Å². The summed E-state index contributed by atoms with van der Waals surface area (Å²) < 4.78 is 13.4. The van der Waals surface area contributed by atoms with Gasteiger partial charge >= 0.3 is 0 Å². The van der Waals surface area contributed by atoms with Crippen LogP contribution >= 0.6 is 11.6 Å². The van der Waals surface area contributed by atoms with Gasteiger partial charge < -0.3 is 0 Å². The van der Waals surface area contributed by atoms with Crippen LogP contribution in [0.25, 0.3) is 10.8 Å². The zero-order chi connectivity index (χ0) is 14.8. The van der Waals surface area contributed by atoms with Crippen molar-refractivity contribution in [3.63, 3.8) is 0 Å². The molecule has 0 amide bonds. The molecule has 0 fully saturated rings. The fraction of sp³-hybridized carbons (Fsp3) is 0.0588. The number of ketones is 1. The molecule has 21 heavy (non-hydrogen) atoms. The summed E-state index contributed by atoms with van der Waals surface area (Å²) in [5.41, 5.74) is 0.852. The Morgan fingerprint density at radius 1 is 1.10 bits per heavy atom. The third-order valence-electron chi connectivity index (χ3n) is 3.32. The minimum absolute atomic E-state index is 0.00825. The van der Waals surface area contributed by atoms with Crippen LogP contribution in [0.1, 0.15) is 16.1 Å². The standard InChI is InChI=1S/C17H11ClFNO/c18-16-12(5-3-7-14(16)19)10-15(21)17-13-6-2-1-4-11(13)8-9-20-17/h1-9H,10H2. The van der Waals surface area contributed by atoms with Gasteiger partial charge in [0.05, 0.1) is 5.02 Å². The smallest absolute Gasteiger partial charge is 0.186 e. The van der Waals surface area contributed by atoms with E-state index in [4.69, 9.17) is 11.6 Å². The average Bonchev–Trinajstić information content (AvgIpc) is 2.51. The predicted octanol–water partition coefficient (Wildman–Crippen LogP) is 4.45. The first-order valence-corrected chi connectivity index (χ1v) is 6.84. The second kappa shape index (κ2) is 5.62. The van der Waals surface area contributed by atoms with Crippen LogP contribution in [0.2, 0.25) is 5.02 Å². The summed E-state index contributed by atoms with van der Waals surface area (Å²) in [5.74, 6) is -0.702. The van der Waals surface area contributed by atoms with E-state index < -0.39 is 5.82 Å². The van der Waals surface area contributed by atoms with E-state index in [1.807, 2.05) is 30.3 Å². The number of hydrogen-bond donors (Lipinski definition) is 0. The van der Waals surface area contributed by atoms with E-state index in [-0.39, 0.29) is 17.2 Å². The number of Topliss-reactive ketones (excluding diaryl/α,β-unsaturated/α-hetero) is 1. The highest BCUT2D eigenvalue weighted by atomic mass is 35.5. The largest absolute Gasteiger partial charge is 0.292 e. The summed E-state index contributed by atoms with van der Waals surface area (Å²) in [4.78, 5) is 16.6. The first kappa shape index (κ1) is 13.7. The lowest BCUT2D eigenvalue weighted by Gasteiger charge is -2.06. The van der Waals surface area contributed by atoms with Crippen molar-refractivity contribution in [1.82, 2.24) is 4.98 Å². The van der Waals surface area contributed by atoms with Crippen LogP contribution in [0.15, 0.2) is 54.7 Å². The third kappa shape index (κ3) is 2.65. The molecule has 0 saturated carbocycles. The second-order valence-electron chi connectivity index (χ2n) is 4.69. The number of aromatic nitrogens is 1. The van der Waals surface area contributed by atoms with E-state index in [1.165, 1.54) is 6.07 Å². The van der Waals surface area contributed by atoms with Gasteiger partial charge in [0.2, 0.25) is 0 Å². The molecule has 3 aromatic rings. The molecule has 0 atom stereocenters. The maximum atomic E-state index is 13.4. The Morgan fingerprint density at radius 2 is 1.90 bits per heavy atom. The van der Waals surface area contributed by atoms with Crippen LogP contribution in [-0.2, 0) is 6.42 Å². The highest BCUT2D eigenvalue weighted by Gasteiger charge is 2.15. The number of fused-ring (bicyclic) bond motifs is 1. The Kier molecular flexibility index (Phi) is 3.67. The van der Waals surface area contributed by atoms with Crippen molar-refractivity contribution in [3.05, 3.63) is 76.8 Å². The van der Waals surface area contributed by atoms with Gasteiger partial charge in [-0.05, 0) is 23.1 Å². The van der Waals surface area contributed by atoms with Crippen LogP contribution in [0.3, 0.4) is 0 Å². The number of benzene rings is 2.